The number of nitrogens with one attached hydrogen (secondary N) is 1. The minimum Gasteiger partial charge on any atom is -0.497 e. The largest absolute Gasteiger partial charge is 0.497 e. The van der Waals surface area contributed by atoms with Gasteiger partial charge in [0.25, 0.3) is 0 Å². The Morgan fingerprint density at radius 1 is 0.906 bits per heavy atom. The number of benzene rings is 2. The van der Waals surface area contributed by atoms with E-state index >= 15 is 0 Å². The topological polar surface area (TPSA) is 56.8 Å². The highest BCUT2D eigenvalue weighted by Gasteiger charge is 2.60. The van der Waals surface area contributed by atoms with E-state index in [-0.39, 0.29) is 16.7 Å². The molecule has 0 heterocycles. The third-order valence-electron chi connectivity index (χ3n) is 8.17. The molecule has 0 aliphatic heterocycles. The van der Waals surface area contributed by atoms with Gasteiger partial charge in [-0.1, -0.05) is 12.1 Å². The number of carbonyl (C=O) groups is 1. The Morgan fingerprint density at radius 3 is 2.19 bits per heavy atom. The standard InChI is InChI=1S/C27H33NO4/c1-30-22-6-4-21(5-7-22)26-12-18-10-19(13-26)15-27(14-18,17-26)25(29)28-16-20-11-23(31-2)8-9-24(20)32-3/h4-9,11,18-19H,10,12-17H2,1-3H3,(H,28,29)/t18-,19-,26?,27?/m1/s1. The van der Waals surface area contributed by atoms with Gasteiger partial charge in [0.15, 0.2) is 0 Å². The third kappa shape index (κ3) is 3.52. The first-order valence-corrected chi connectivity index (χ1v) is 11.6. The number of hydrogen-bond acceptors (Lipinski definition) is 4. The smallest absolute Gasteiger partial charge is 0.226 e. The summed E-state index contributed by atoms with van der Waals surface area (Å²) in [5, 5.41) is 3.27. The molecule has 1 N–H and O–H groups in total. The maximum absolute atomic E-state index is 13.7. The lowest BCUT2D eigenvalue weighted by Crippen LogP contribution is -2.59. The van der Waals surface area contributed by atoms with Crippen LogP contribution in [-0.4, -0.2) is 27.2 Å². The predicted octanol–water partition coefficient (Wildman–Crippen LogP) is 4.87. The second kappa shape index (κ2) is 8.02. The zero-order chi connectivity index (χ0) is 22.3. The Labute approximate surface area is 190 Å². The number of rotatable bonds is 7. The number of methoxy groups -OCH3 is 3. The zero-order valence-electron chi connectivity index (χ0n) is 19.3. The molecule has 4 aliphatic carbocycles. The van der Waals surface area contributed by atoms with E-state index in [1.165, 1.54) is 24.8 Å². The van der Waals surface area contributed by atoms with Crippen LogP contribution in [0.5, 0.6) is 17.2 Å². The molecule has 0 radical (unpaired) electrons. The average Bonchev–Trinajstić information content (AvgIpc) is 2.81. The van der Waals surface area contributed by atoms with Crippen LogP contribution in [0.4, 0.5) is 0 Å². The summed E-state index contributed by atoms with van der Waals surface area (Å²) in [6, 6.07) is 14.3. The summed E-state index contributed by atoms with van der Waals surface area (Å²) in [5.74, 6) is 3.90. The molecule has 4 aliphatic rings. The molecule has 1 amide bonds. The van der Waals surface area contributed by atoms with E-state index in [2.05, 4.69) is 29.6 Å². The fourth-order valence-corrected chi connectivity index (χ4v) is 7.19. The van der Waals surface area contributed by atoms with Crippen LogP contribution in [0.1, 0.15) is 49.7 Å². The van der Waals surface area contributed by atoms with E-state index in [0.717, 1.165) is 42.1 Å². The Kier molecular flexibility index (Phi) is 5.31. The van der Waals surface area contributed by atoms with Gasteiger partial charge in [-0.15, -0.1) is 0 Å². The molecular formula is C27H33NO4. The minimum atomic E-state index is -0.268. The maximum Gasteiger partial charge on any atom is 0.226 e. The van der Waals surface area contributed by atoms with Gasteiger partial charge in [-0.3, -0.25) is 4.79 Å². The van der Waals surface area contributed by atoms with Crippen LogP contribution in [0.2, 0.25) is 0 Å². The van der Waals surface area contributed by atoms with E-state index in [1.54, 1.807) is 21.3 Å². The molecule has 0 spiro atoms. The predicted molar refractivity (Wildman–Crippen MR) is 123 cm³/mol. The van der Waals surface area contributed by atoms with Crippen molar-refractivity contribution in [3.63, 3.8) is 0 Å². The molecule has 2 aromatic carbocycles. The molecule has 32 heavy (non-hydrogen) atoms. The van der Waals surface area contributed by atoms with E-state index in [1.807, 2.05) is 18.2 Å². The lowest BCUT2D eigenvalue weighted by Gasteiger charge is -2.61. The summed E-state index contributed by atoms with van der Waals surface area (Å²) in [6.45, 7) is 0.450. The maximum atomic E-state index is 13.7. The Morgan fingerprint density at radius 2 is 1.56 bits per heavy atom. The van der Waals surface area contributed by atoms with Gasteiger partial charge < -0.3 is 19.5 Å². The first kappa shape index (κ1) is 21.2. The highest BCUT2D eigenvalue weighted by molar-refractivity contribution is 5.83. The molecule has 5 nitrogen and oxygen atoms in total. The molecule has 2 aromatic rings. The number of ether oxygens (including phenoxy) is 3. The van der Waals surface area contributed by atoms with Gasteiger partial charge in [0.2, 0.25) is 5.91 Å². The van der Waals surface area contributed by atoms with Crippen LogP contribution in [-0.2, 0) is 16.8 Å². The van der Waals surface area contributed by atoms with E-state index in [0.29, 0.717) is 18.4 Å². The van der Waals surface area contributed by atoms with Gasteiger partial charge in [0.1, 0.15) is 17.2 Å². The molecule has 5 heteroatoms. The summed E-state index contributed by atoms with van der Waals surface area (Å²) in [5.41, 5.74) is 2.16. The molecule has 0 unspecified atom stereocenters. The van der Waals surface area contributed by atoms with E-state index in [9.17, 15) is 4.79 Å². The summed E-state index contributed by atoms with van der Waals surface area (Å²) in [4.78, 5) is 13.7. The van der Waals surface area contributed by atoms with Crippen molar-refractivity contribution in [3.05, 3.63) is 53.6 Å². The van der Waals surface area contributed by atoms with Crippen molar-refractivity contribution in [2.24, 2.45) is 17.3 Å². The van der Waals surface area contributed by atoms with Crippen LogP contribution >= 0.6 is 0 Å². The van der Waals surface area contributed by atoms with Gasteiger partial charge in [0, 0.05) is 12.1 Å². The minimum absolute atomic E-state index is 0.112. The van der Waals surface area contributed by atoms with E-state index < -0.39 is 0 Å². The summed E-state index contributed by atoms with van der Waals surface area (Å²) in [6.07, 6.45) is 6.66. The Bertz CT molecular complexity index is 985. The molecular weight excluding hydrogens is 402 g/mol. The van der Waals surface area contributed by atoms with Gasteiger partial charge in [0.05, 0.1) is 26.7 Å². The molecule has 0 saturated heterocycles. The number of hydrogen-bond donors (Lipinski definition) is 1. The Balaban J connectivity index is 1.38. The normalized spacial score (nSPS) is 30.1. The third-order valence-corrected chi connectivity index (χ3v) is 8.17. The number of amides is 1. The van der Waals surface area contributed by atoms with Crippen LogP contribution in [0, 0.1) is 17.3 Å². The zero-order valence-corrected chi connectivity index (χ0v) is 19.3. The Hall–Kier alpha value is -2.69. The first-order valence-electron chi connectivity index (χ1n) is 11.6. The molecule has 2 atom stereocenters. The van der Waals surface area contributed by atoms with Crippen LogP contribution in [0.25, 0.3) is 0 Å². The quantitative estimate of drug-likeness (QED) is 0.674. The van der Waals surface area contributed by atoms with Crippen molar-refractivity contribution >= 4 is 5.91 Å². The fourth-order valence-electron chi connectivity index (χ4n) is 7.19. The molecule has 4 saturated carbocycles. The lowest BCUT2D eigenvalue weighted by molar-refractivity contribution is -0.149. The van der Waals surface area contributed by atoms with Crippen LogP contribution in [0.3, 0.4) is 0 Å². The van der Waals surface area contributed by atoms with Gasteiger partial charge in [-0.05, 0) is 91.7 Å². The van der Waals surface area contributed by atoms with Gasteiger partial charge >= 0.3 is 0 Å². The highest BCUT2D eigenvalue weighted by Crippen LogP contribution is 2.65. The summed E-state index contributed by atoms with van der Waals surface area (Å²) >= 11 is 0. The molecule has 170 valence electrons. The van der Waals surface area contributed by atoms with Crippen LogP contribution in [0.15, 0.2) is 42.5 Å². The molecule has 0 aromatic heterocycles. The van der Waals surface area contributed by atoms with Crippen LogP contribution < -0.4 is 19.5 Å². The summed E-state index contributed by atoms with van der Waals surface area (Å²) in [7, 11) is 5.01. The van der Waals surface area contributed by atoms with Gasteiger partial charge in [-0.2, -0.15) is 0 Å². The van der Waals surface area contributed by atoms with Crippen molar-refractivity contribution in [1.29, 1.82) is 0 Å². The van der Waals surface area contributed by atoms with Crippen molar-refractivity contribution in [2.45, 2.75) is 50.5 Å². The monoisotopic (exact) mass is 435 g/mol. The second-order valence-corrected chi connectivity index (χ2v) is 10.1. The van der Waals surface area contributed by atoms with Gasteiger partial charge in [-0.25, -0.2) is 0 Å². The van der Waals surface area contributed by atoms with Crippen molar-refractivity contribution in [1.82, 2.24) is 5.32 Å². The van der Waals surface area contributed by atoms with Crippen molar-refractivity contribution in [3.8, 4) is 17.2 Å². The lowest BCUT2D eigenvalue weighted by atomic mass is 9.42. The van der Waals surface area contributed by atoms with E-state index in [4.69, 9.17) is 14.2 Å². The SMILES string of the molecule is COc1ccc(C23C[C@H]4C[C@@H](CC(C(=O)NCc5cc(OC)ccc5OC)(C4)C2)C3)cc1. The number of carbonyl (C=O) groups excluding carboxylic acids is 1. The average molecular weight is 436 g/mol. The van der Waals surface area contributed by atoms with Crippen molar-refractivity contribution in [2.75, 3.05) is 21.3 Å². The second-order valence-electron chi connectivity index (χ2n) is 10.1. The molecule has 4 fully saturated rings. The first-order chi connectivity index (χ1) is 15.5. The highest BCUT2D eigenvalue weighted by atomic mass is 16.5. The molecule has 4 bridgehead atoms. The molecule has 6 rings (SSSR count). The van der Waals surface area contributed by atoms with Crippen molar-refractivity contribution < 1.29 is 19.0 Å². The fraction of sp³-hybridized carbons (Fsp3) is 0.519. The summed E-state index contributed by atoms with van der Waals surface area (Å²) < 4.78 is 16.2.